The summed E-state index contributed by atoms with van der Waals surface area (Å²) >= 11 is 0. The Hall–Kier alpha value is -3.71. The number of allylic oxidation sites excluding steroid dienone is 6. The zero-order chi connectivity index (χ0) is 50.1. The fraction of sp³-hybridized carbons (Fsp3) is 0.574. The van der Waals surface area contributed by atoms with Gasteiger partial charge in [-0.15, -0.1) is 0 Å². The van der Waals surface area contributed by atoms with Crippen molar-refractivity contribution in [1.29, 1.82) is 0 Å². The van der Waals surface area contributed by atoms with Crippen molar-refractivity contribution in [2.45, 2.75) is 138 Å². The summed E-state index contributed by atoms with van der Waals surface area (Å²) in [6, 6.07) is 12.1. The molecule has 2 aromatic rings. The molecule has 3 heterocycles. The lowest BCUT2D eigenvalue weighted by molar-refractivity contribution is -0.437. The number of hydrogen-bond donors (Lipinski definition) is 7. The molecule has 0 saturated carbocycles. The first-order valence-electron chi connectivity index (χ1n) is 22.9. The van der Waals surface area contributed by atoms with Crippen LogP contribution in [0.3, 0.4) is 0 Å². The molecule has 18 nitrogen and oxygen atoms in total. The quantitative estimate of drug-likeness (QED) is 0.0295. The van der Waals surface area contributed by atoms with Crippen LogP contribution in [0.15, 0.2) is 83.4 Å². The second-order valence-corrected chi connectivity index (χ2v) is 22.9. The van der Waals surface area contributed by atoms with Gasteiger partial charge in [0.15, 0.2) is 12.0 Å². The van der Waals surface area contributed by atoms with Gasteiger partial charge in [0.05, 0.1) is 28.4 Å². The van der Waals surface area contributed by atoms with E-state index in [4.69, 9.17) is 9.47 Å². The van der Waals surface area contributed by atoms with E-state index in [-0.39, 0.29) is 36.7 Å². The fourth-order valence-electron chi connectivity index (χ4n) is 9.35. The SMILES string of the molecule is CC1(C)C(/C=C/C=C/C=C2/N(CCCS(=O)(=O)O)c3ccccc3C2(C)CCCCCC(=O)CCCCCO[C@H]2O[C@H](CO)[C@@H](O)[C@H](O)[C@@H]2O)=[N+](CCCS(=O)(=O)O)c2ccc(S(=O)(=O)O)cc21. The van der Waals surface area contributed by atoms with Crippen molar-refractivity contribution in [1.82, 2.24) is 0 Å². The zero-order valence-corrected chi connectivity index (χ0v) is 41.2. The lowest BCUT2D eigenvalue weighted by atomic mass is 9.77. The number of aliphatic hydroxyl groups excluding tert-OH is 4. The maximum atomic E-state index is 12.8. The van der Waals surface area contributed by atoms with Gasteiger partial charge in [0.25, 0.3) is 30.4 Å². The highest BCUT2D eigenvalue weighted by molar-refractivity contribution is 7.86. The van der Waals surface area contributed by atoms with Crippen molar-refractivity contribution in [3.63, 3.8) is 0 Å². The first-order valence-corrected chi connectivity index (χ1v) is 27.6. The third-order valence-corrected chi connectivity index (χ3v) is 15.4. The van der Waals surface area contributed by atoms with Gasteiger partial charge in [-0.25, -0.2) is 0 Å². The molecule has 0 amide bonds. The minimum absolute atomic E-state index is 0.0777. The summed E-state index contributed by atoms with van der Waals surface area (Å²) in [5, 5.41) is 39.4. The molecule has 0 spiro atoms. The van der Waals surface area contributed by atoms with Crippen LogP contribution in [0.4, 0.5) is 11.4 Å². The third kappa shape index (κ3) is 14.2. The molecule has 0 aliphatic carbocycles. The highest BCUT2D eigenvalue weighted by Crippen LogP contribution is 2.51. The standard InChI is InChI=1S/C47H66N2O16S3/c1-46(2)36-31-34(68(61,62)63)23-24-38(36)48(26-15-29-66(55,56)57)40(46)21-9-4-10-22-41-47(3,35-19-11-12-20-37(35)49(41)27-16-30-67(58,59)60)25-13-5-7-17-33(51)18-8-6-14-28-64-45-44(54)43(53)42(52)39(32-50)65-45/h4,9-12,19-24,31,39,42-45,50,52-54H,5-8,13-18,25-30,32H2,1-3H3,(H2-,55,56,57,58,59,60,61,62,63)/p+1/t39-,42-,43+,44+,45+,47?/m1/s1. The van der Waals surface area contributed by atoms with Crippen LogP contribution in [0, 0.1) is 0 Å². The summed E-state index contributed by atoms with van der Waals surface area (Å²) in [5.74, 6) is -0.748. The number of Topliss-reactive ketones (excluding diaryl/α,β-unsaturated/α-hetero) is 1. The van der Waals surface area contributed by atoms with E-state index in [1.807, 2.05) is 60.9 Å². The summed E-state index contributed by atoms with van der Waals surface area (Å²) in [6.45, 7) is 6.05. The number of ketones is 1. The highest BCUT2D eigenvalue weighted by Gasteiger charge is 2.46. The van der Waals surface area contributed by atoms with Crippen LogP contribution in [-0.4, -0.2) is 144 Å². The topological polar surface area (TPSA) is 286 Å². The molecular formula is C47H67N2O16S3+. The van der Waals surface area contributed by atoms with E-state index >= 15 is 0 Å². The molecule has 0 aromatic heterocycles. The number of unbranched alkanes of at least 4 members (excludes halogenated alkanes) is 4. The van der Waals surface area contributed by atoms with E-state index in [1.165, 1.54) is 12.1 Å². The Labute approximate surface area is 399 Å². The van der Waals surface area contributed by atoms with Crippen molar-refractivity contribution in [3.05, 3.63) is 89.7 Å². The number of para-hydroxylation sites is 1. The summed E-state index contributed by atoms with van der Waals surface area (Å²) in [6.07, 6.45) is 8.58. The van der Waals surface area contributed by atoms with Gasteiger partial charge in [0, 0.05) is 66.9 Å². The first-order chi connectivity index (χ1) is 31.9. The Morgan fingerprint density at radius 3 is 2.10 bits per heavy atom. The third-order valence-electron chi connectivity index (χ3n) is 13.0. The number of anilines is 1. The van der Waals surface area contributed by atoms with E-state index in [0.717, 1.165) is 35.5 Å². The van der Waals surface area contributed by atoms with Crippen LogP contribution in [0.5, 0.6) is 0 Å². The van der Waals surface area contributed by atoms with Gasteiger partial charge < -0.3 is 34.8 Å². The molecule has 1 unspecified atom stereocenters. The Balaban J connectivity index is 1.24. The number of ether oxygens (including phenoxy) is 2. The van der Waals surface area contributed by atoms with Gasteiger partial charge in [-0.05, 0) is 82.7 Å². The summed E-state index contributed by atoms with van der Waals surface area (Å²) in [7, 11) is -13.0. The van der Waals surface area contributed by atoms with Gasteiger partial charge in [-0.2, -0.15) is 29.8 Å². The monoisotopic (exact) mass is 1010 g/mol. The van der Waals surface area contributed by atoms with Crippen molar-refractivity contribution >= 4 is 53.2 Å². The number of carbonyl (C=O) groups is 1. The molecule has 6 atom stereocenters. The number of aliphatic hydroxyl groups is 4. The number of nitrogens with zero attached hydrogens (tertiary/aromatic N) is 2. The molecule has 5 rings (SSSR count). The predicted octanol–water partition coefficient (Wildman–Crippen LogP) is 4.54. The van der Waals surface area contributed by atoms with Crippen molar-refractivity contribution in [2.24, 2.45) is 0 Å². The zero-order valence-electron chi connectivity index (χ0n) is 38.8. The molecular weight excluding hydrogens is 945 g/mol. The van der Waals surface area contributed by atoms with Gasteiger partial charge >= 0.3 is 0 Å². The maximum Gasteiger partial charge on any atom is 0.294 e. The number of hydrogen-bond acceptors (Lipinski definition) is 14. The fourth-order valence-corrected chi connectivity index (χ4v) is 10.8. The molecule has 3 aliphatic rings. The lowest BCUT2D eigenvalue weighted by Gasteiger charge is -2.39. The molecule has 7 N–H and O–H groups in total. The normalized spacial score (nSPS) is 24.7. The smallest absolute Gasteiger partial charge is 0.294 e. The molecule has 0 bridgehead atoms. The molecule has 378 valence electrons. The van der Waals surface area contributed by atoms with Gasteiger partial charge in [-0.3, -0.25) is 18.5 Å². The number of carbonyl (C=O) groups excluding carboxylic acids is 1. The molecule has 1 fully saturated rings. The second-order valence-electron chi connectivity index (χ2n) is 18.4. The van der Waals surface area contributed by atoms with E-state index in [0.29, 0.717) is 62.7 Å². The maximum absolute atomic E-state index is 12.8. The Bertz CT molecular complexity index is 2550. The molecule has 3 aliphatic heterocycles. The largest absolute Gasteiger partial charge is 0.394 e. The van der Waals surface area contributed by atoms with Gasteiger partial charge in [-0.1, -0.05) is 55.7 Å². The van der Waals surface area contributed by atoms with Crippen LogP contribution in [0.1, 0.15) is 103 Å². The molecule has 2 aromatic carbocycles. The number of benzene rings is 2. The van der Waals surface area contributed by atoms with Crippen LogP contribution in [0.25, 0.3) is 0 Å². The lowest BCUT2D eigenvalue weighted by Crippen LogP contribution is -2.59. The molecule has 68 heavy (non-hydrogen) atoms. The summed E-state index contributed by atoms with van der Waals surface area (Å²) in [4.78, 5) is 14.6. The summed E-state index contributed by atoms with van der Waals surface area (Å²) < 4.78 is 112. The summed E-state index contributed by atoms with van der Waals surface area (Å²) in [5.41, 5.74) is 3.54. The van der Waals surface area contributed by atoms with Crippen molar-refractivity contribution in [2.75, 3.05) is 42.7 Å². The Morgan fingerprint density at radius 1 is 0.779 bits per heavy atom. The van der Waals surface area contributed by atoms with Crippen LogP contribution in [-0.2, 0) is 55.5 Å². The van der Waals surface area contributed by atoms with Gasteiger partial charge in [0.1, 0.15) is 36.7 Å². The van der Waals surface area contributed by atoms with Crippen molar-refractivity contribution < 1.29 is 78.2 Å². The predicted molar refractivity (Wildman–Crippen MR) is 255 cm³/mol. The molecule has 0 radical (unpaired) electrons. The minimum atomic E-state index is -4.51. The van der Waals surface area contributed by atoms with Crippen LogP contribution in [0.2, 0.25) is 0 Å². The first kappa shape index (κ1) is 55.2. The van der Waals surface area contributed by atoms with Gasteiger partial charge in [0.2, 0.25) is 5.69 Å². The Morgan fingerprint density at radius 2 is 1.44 bits per heavy atom. The molecule has 21 heteroatoms. The van der Waals surface area contributed by atoms with Crippen LogP contribution >= 0.6 is 0 Å². The minimum Gasteiger partial charge on any atom is -0.394 e. The van der Waals surface area contributed by atoms with Crippen LogP contribution < -0.4 is 4.90 Å². The average Bonchev–Trinajstić information content (AvgIpc) is 3.62. The van der Waals surface area contributed by atoms with E-state index < -0.39 is 90.0 Å². The number of fused-ring (bicyclic) bond motifs is 2. The highest BCUT2D eigenvalue weighted by atomic mass is 32.2. The number of rotatable bonds is 26. The van der Waals surface area contributed by atoms with Crippen molar-refractivity contribution in [3.8, 4) is 0 Å². The van der Waals surface area contributed by atoms with E-state index in [2.05, 4.69) is 17.9 Å². The average molecular weight is 1010 g/mol. The Kier molecular flexibility index (Phi) is 19.1. The molecule has 1 saturated heterocycles. The second kappa shape index (κ2) is 23.5. The van der Waals surface area contributed by atoms with E-state index in [9.17, 15) is 64.1 Å². The van der Waals surface area contributed by atoms with E-state index in [1.54, 1.807) is 12.1 Å².